The minimum Gasteiger partial charge on any atom is -0.392 e. The molecular weight excluding hydrogens is 286 g/mol. The molecule has 0 aliphatic rings. The van der Waals surface area contributed by atoms with E-state index >= 15 is 0 Å². The second-order valence-electron chi connectivity index (χ2n) is 4.59. The molecular formula is C15H19N3O2S. The number of benzene rings is 1. The van der Waals surface area contributed by atoms with E-state index in [4.69, 9.17) is 5.11 Å². The molecule has 1 amide bonds. The summed E-state index contributed by atoms with van der Waals surface area (Å²) < 4.78 is 0. The number of thiazole rings is 1. The van der Waals surface area contributed by atoms with Gasteiger partial charge >= 0.3 is 0 Å². The lowest BCUT2D eigenvalue weighted by Gasteiger charge is -2.14. The van der Waals surface area contributed by atoms with Crippen LogP contribution in [0.1, 0.15) is 25.1 Å². The van der Waals surface area contributed by atoms with Gasteiger partial charge in [-0.3, -0.25) is 9.69 Å². The Morgan fingerprint density at radius 2 is 2.10 bits per heavy atom. The van der Waals surface area contributed by atoms with Gasteiger partial charge in [0.05, 0.1) is 18.8 Å². The Bertz CT molecular complexity index is 595. The highest BCUT2D eigenvalue weighted by atomic mass is 32.1. The second-order valence-corrected chi connectivity index (χ2v) is 5.43. The Morgan fingerprint density at radius 3 is 2.67 bits per heavy atom. The first-order chi connectivity index (χ1) is 10.1. The van der Waals surface area contributed by atoms with Crippen molar-refractivity contribution >= 4 is 28.1 Å². The third-order valence-corrected chi connectivity index (χ3v) is 3.99. The third kappa shape index (κ3) is 4.03. The molecule has 6 heteroatoms. The quantitative estimate of drug-likeness (QED) is 0.861. The first-order valence-electron chi connectivity index (χ1n) is 6.80. The molecule has 0 fully saturated rings. The predicted octanol–water partition coefficient (Wildman–Crippen LogP) is 2.62. The average Bonchev–Trinajstić information content (AvgIpc) is 2.94. The standard InChI is InChI=1S/C15H19N3O2S/c1-3-18(11(2)20)15-17-14(10-21-15)8-16-13-6-4-12(9-19)5-7-13/h4-7,10,16,19H,3,8-9H2,1-2H3. The van der Waals surface area contributed by atoms with Crippen LogP contribution in [0.4, 0.5) is 10.8 Å². The molecule has 0 spiro atoms. The Balaban J connectivity index is 1.97. The maximum absolute atomic E-state index is 11.5. The van der Waals surface area contributed by atoms with E-state index in [9.17, 15) is 4.79 Å². The lowest BCUT2D eigenvalue weighted by atomic mass is 10.2. The summed E-state index contributed by atoms with van der Waals surface area (Å²) in [6.07, 6.45) is 0. The van der Waals surface area contributed by atoms with E-state index in [0.717, 1.165) is 22.1 Å². The molecule has 2 N–H and O–H groups in total. The number of nitrogens with one attached hydrogen (secondary N) is 1. The average molecular weight is 305 g/mol. The number of aliphatic hydroxyl groups is 1. The number of aromatic nitrogens is 1. The molecule has 0 atom stereocenters. The molecule has 1 heterocycles. The van der Waals surface area contributed by atoms with E-state index in [2.05, 4.69) is 10.3 Å². The Labute approximate surface area is 128 Å². The van der Waals surface area contributed by atoms with Crippen molar-refractivity contribution in [1.82, 2.24) is 4.98 Å². The van der Waals surface area contributed by atoms with Crippen LogP contribution in [-0.2, 0) is 17.9 Å². The number of carbonyl (C=O) groups excluding carboxylic acids is 1. The van der Waals surface area contributed by atoms with Crippen molar-refractivity contribution < 1.29 is 9.90 Å². The molecule has 2 aromatic rings. The second kappa shape index (κ2) is 7.19. The van der Waals surface area contributed by atoms with Crippen LogP contribution in [0.15, 0.2) is 29.6 Å². The van der Waals surface area contributed by atoms with Crippen LogP contribution in [0.2, 0.25) is 0 Å². The van der Waals surface area contributed by atoms with E-state index < -0.39 is 0 Å². The van der Waals surface area contributed by atoms with Crippen molar-refractivity contribution in [3.05, 3.63) is 40.9 Å². The topological polar surface area (TPSA) is 65.5 Å². The zero-order valence-electron chi connectivity index (χ0n) is 12.2. The molecule has 5 nitrogen and oxygen atoms in total. The van der Waals surface area contributed by atoms with Crippen molar-refractivity contribution in [2.45, 2.75) is 27.0 Å². The number of hydrogen-bond acceptors (Lipinski definition) is 5. The van der Waals surface area contributed by atoms with Crippen molar-refractivity contribution in [3.63, 3.8) is 0 Å². The lowest BCUT2D eigenvalue weighted by Crippen LogP contribution is -2.27. The van der Waals surface area contributed by atoms with Gasteiger partial charge in [-0.2, -0.15) is 0 Å². The first-order valence-corrected chi connectivity index (χ1v) is 7.68. The molecule has 2 rings (SSSR count). The van der Waals surface area contributed by atoms with Crippen molar-refractivity contribution in [2.24, 2.45) is 0 Å². The number of anilines is 2. The largest absolute Gasteiger partial charge is 0.392 e. The number of nitrogens with zero attached hydrogens (tertiary/aromatic N) is 2. The van der Waals surface area contributed by atoms with E-state index in [1.54, 1.807) is 11.8 Å². The van der Waals surface area contributed by atoms with Crippen LogP contribution in [0.25, 0.3) is 0 Å². The molecule has 0 aliphatic heterocycles. The van der Waals surface area contributed by atoms with E-state index in [1.807, 2.05) is 36.6 Å². The normalized spacial score (nSPS) is 10.4. The molecule has 0 aliphatic carbocycles. The van der Waals surface area contributed by atoms with E-state index in [1.165, 1.54) is 11.3 Å². The highest BCUT2D eigenvalue weighted by Crippen LogP contribution is 2.21. The first kappa shape index (κ1) is 15.5. The molecule has 0 unspecified atom stereocenters. The van der Waals surface area contributed by atoms with Crippen LogP contribution in [0, 0.1) is 0 Å². The molecule has 0 saturated heterocycles. The van der Waals surface area contributed by atoms with Crippen molar-refractivity contribution in [2.75, 3.05) is 16.8 Å². The number of rotatable bonds is 6. The highest BCUT2D eigenvalue weighted by molar-refractivity contribution is 7.14. The molecule has 0 radical (unpaired) electrons. The summed E-state index contributed by atoms with van der Waals surface area (Å²) in [4.78, 5) is 17.6. The summed E-state index contributed by atoms with van der Waals surface area (Å²) in [6.45, 7) is 4.76. The summed E-state index contributed by atoms with van der Waals surface area (Å²) in [6, 6.07) is 7.60. The minimum atomic E-state index is 0.00551. The van der Waals surface area contributed by atoms with E-state index in [-0.39, 0.29) is 12.5 Å². The highest BCUT2D eigenvalue weighted by Gasteiger charge is 2.13. The maximum atomic E-state index is 11.5. The lowest BCUT2D eigenvalue weighted by molar-refractivity contribution is -0.116. The van der Waals surface area contributed by atoms with Crippen molar-refractivity contribution in [1.29, 1.82) is 0 Å². The van der Waals surface area contributed by atoms with Gasteiger partial charge in [0.15, 0.2) is 5.13 Å². The monoisotopic (exact) mass is 305 g/mol. The molecule has 112 valence electrons. The van der Waals surface area contributed by atoms with Gasteiger partial charge in [-0.1, -0.05) is 12.1 Å². The Morgan fingerprint density at radius 1 is 1.38 bits per heavy atom. The summed E-state index contributed by atoms with van der Waals surface area (Å²) in [5, 5.41) is 15.0. The molecule has 1 aromatic heterocycles. The number of amides is 1. The summed E-state index contributed by atoms with van der Waals surface area (Å²) in [5.74, 6) is 0.00551. The zero-order valence-corrected chi connectivity index (χ0v) is 13.0. The molecule has 0 saturated carbocycles. The van der Waals surface area contributed by atoms with Gasteiger partial charge < -0.3 is 10.4 Å². The van der Waals surface area contributed by atoms with Crippen LogP contribution >= 0.6 is 11.3 Å². The van der Waals surface area contributed by atoms with Crippen LogP contribution in [0.3, 0.4) is 0 Å². The van der Waals surface area contributed by atoms with Crippen LogP contribution in [-0.4, -0.2) is 22.5 Å². The predicted molar refractivity (Wildman–Crippen MR) is 85.5 cm³/mol. The fourth-order valence-electron chi connectivity index (χ4n) is 1.91. The van der Waals surface area contributed by atoms with Gasteiger partial charge in [-0.15, -0.1) is 11.3 Å². The fraction of sp³-hybridized carbons (Fsp3) is 0.333. The van der Waals surface area contributed by atoms with Crippen molar-refractivity contribution in [3.8, 4) is 0 Å². The maximum Gasteiger partial charge on any atom is 0.225 e. The van der Waals surface area contributed by atoms with Gasteiger partial charge in [0, 0.05) is 24.5 Å². The van der Waals surface area contributed by atoms with Gasteiger partial charge in [0.2, 0.25) is 5.91 Å². The molecule has 0 bridgehead atoms. The SMILES string of the molecule is CCN(C(C)=O)c1nc(CNc2ccc(CO)cc2)cs1. The van der Waals surface area contributed by atoms with Crippen LogP contribution in [0.5, 0.6) is 0 Å². The third-order valence-electron chi connectivity index (χ3n) is 3.08. The van der Waals surface area contributed by atoms with Gasteiger partial charge in [0.25, 0.3) is 0 Å². The number of hydrogen-bond donors (Lipinski definition) is 2. The van der Waals surface area contributed by atoms with Gasteiger partial charge in [0.1, 0.15) is 0 Å². The van der Waals surface area contributed by atoms with E-state index in [0.29, 0.717) is 13.1 Å². The fourth-order valence-corrected chi connectivity index (χ4v) is 2.85. The summed E-state index contributed by atoms with van der Waals surface area (Å²) >= 11 is 1.47. The number of carbonyl (C=O) groups is 1. The zero-order chi connectivity index (χ0) is 15.2. The number of aliphatic hydroxyl groups excluding tert-OH is 1. The Hall–Kier alpha value is -1.92. The van der Waals surface area contributed by atoms with Gasteiger partial charge in [-0.05, 0) is 24.6 Å². The summed E-state index contributed by atoms with van der Waals surface area (Å²) in [7, 11) is 0. The smallest absolute Gasteiger partial charge is 0.225 e. The Kier molecular flexibility index (Phi) is 5.30. The summed E-state index contributed by atoms with van der Waals surface area (Å²) in [5.41, 5.74) is 2.76. The van der Waals surface area contributed by atoms with Crippen LogP contribution < -0.4 is 10.2 Å². The minimum absolute atomic E-state index is 0.00551. The van der Waals surface area contributed by atoms with Gasteiger partial charge in [-0.25, -0.2) is 4.98 Å². The molecule has 1 aromatic carbocycles. The molecule has 21 heavy (non-hydrogen) atoms.